The van der Waals surface area contributed by atoms with E-state index in [1.54, 1.807) is 0 Å². The van der Waals surface area contributed by atoms with Gasteiger partial charge in [-0.15, -0.1) is 0 Å². The van der Waals surface area contributed by atoms with Crippen molar-refractivity contribution in [2.45, 2.75) is 66.1 Å². The largest absolute Gasteiger partial charge is 0.422 e. The van der Waals surface area contributed by atoms with E-state index < -0.39 is 0 Å². The third kappa shape index (κ3) is 12.5. The Morgan fingerprint density at radius 1 is 0.256 bits per heavy atom. The van der Waals surface area contributed by atoms with Crippen LogP contribution in [0.1, 0.15) is 82.4 Å². The third-order valence-corrected chi connectivity index (χ3v) is 24.3. The first-order chi connectivity index (χ1) is 42.4. The van der Waals surface area contributed by atoms with Crippen LogP contribution in [-0.2, 0) is 32.7 Å². The summed E-state index contributed by atoms with van der Waals surface area (Å²) < 4.78 is 17.6. The van der Waals surface area contributed by atoms with E-state index in [9.17, 15) is 14.4 Å². The van der Waals surface area contributed by atoms with Crippen molar-refractivity contribution in [3.05, 3.63) is 253 Å². The molecule has 15 rings (SSSR count). The van der Waals surface area contributed by atoms with Gasteiger partial charge in [0, 0.05) is 65.0 Å². The van der Waals surface area contributed by atoms with Crippen molar-refractivity contribution in [1.29, 1.82) is 0 Å². The third-order valence-electron chi connectivity index (χ3n) is 16.6. The van der Waals surface area contributed by atoms with Gasteiger partial charge < -0.3 is 14.2 Å². The zero-order valence-corrected chi connectivity index (χ0v) is 50.5. The molecule has 426 valence electrons. The Labute approximate surface area is 511 Å². The smallest absolute Gasteiger partial charge is 0.344 e. The van der Waals surface area contributed by atoms with E-state index in [0.29, 0.717) is 66.6 Å². The summed E-state index contributed by atoms with van der Waals surface area (Å²) in [5.74, 6) is 8.66. The maximum absolute atomic E-state index is 13.0. The summed E-state index contributed by atoms with van der Waals surface area (Å²) in [4.78, 5) is 43.0. The molecule has 0 atom stereocenters. The lowest BCUT2D eigenvalue weighted by Crippen LogP contribution is -2.18. The Kier molecular flexibility index (Phi) is 17.5. The maximum atomic E-state index is 13.0. The van der Waals surface area contributed by atoms with Crippen LogP contribution in [0.25, 0.3) is 64.6 Å². The highest BCUT2D eigenvalue weighted by atomic mass is 32.2. The van der Waals surface area contributed by atoms with Crippen LogP contribution >= 0.6 is 0 Å². The van der Waals surface area contributed by atoms with E-state index in [1.165, 1.54) is 117 Å². The minimum atomic E-state index is -0.313. The number of benzene rings is 12. The Bertz CT molecular complexity index is 4450. The van der Waals surface area contributed by atoms with Gasteiger partial charge in [0.25, 0.3) is 0 Å². The van der Waals surface area contributed by atoms with Gasteiger partial charge in [-0.25, -0.2) is 14.4 Å². The van der Waals surface area contributed by atoms with Crippen molar-refractivity contribution in [3.63, 3.8) is 0 Å². The second kappa shape index (κ2) is 26.5. The fraction of sp³-hybridized carbons (Fsp3) is 0.182. The summed E-state index contributed by atoms with van der Waals surface area (Å²) in [6.45, 7) is 0. The number of hydrogen-bond acceptors (Lipinski definition) is 6. The Balaban J connectivity index is 0.000000120. The number of hydrogen-bond donors (Lipinski definition) is 0. The number of esters is 3. The van der Waals surface area contributed by atoms with Gasteiger partial charge in [-0.1, -0.05) is 152 Å². The Morgan fingerprint density at radius 2 is 0.570 bits per heavy atom. The van der Waals surface area contributed by atoms with Crippen molar-refractivity contribution >= 4 is 115 Å². The van der Waals surface area contributed by atoms with Crippen molar-refractivity contribution < 1.29 is 28.6 Å². The van der Waals surface area contributed by atoms with E-state index >= 15 is 0 Å². The fourth-order valence-corrected chi connectivity index (χ4v) is 19.7. The molecule has 3 aliphatic heterocycles. The summed E-state index contributed by atoms with van der Waals surface area (Å²) in [5, 5.41) is 13.0. The minimum Gasteiger partial charge on any atom is -0.422 e. The SMILES string of the molecule is O=C(Oc1ccc([S+]2CCCC2)c2ccccc12)c1ccc2ccccc2c1.O=C(Oc1ccc([S+]2CCCCC2)c2ccccc12)c1ccc2ccccc2c1.O=C(Oc1ccc([S+]2CCCCC2)c2ccccc12)c1cccc2ccccc12. The van der Waals surface area contributed by atoms with E-state index in [-0.39, 0.29) is 17.9 Å². The van der Waals surface area contributed by atoms with Gasteiger partial charge >= 0.3 is 17.9 Å². The molecular weight excluding hydrogens is 1120 g/mol. The second-order valence-electron chi connectivity index (χ2n) is 22.2. The van der Waals surface area contributed by atoms with E-state index in [2.05, 4.69) is 72.8 Å². The molecule has 3 aliphatic rings. The number of carbonyl (C=O) groups is 3. The standard InChI is InChI=1S/2C26H23O2S.C25H21O2S/c27-26(23-14-8-10-19-9-2-3-11-20(19)23)28-24-15-16-25(29-17-6-1-7-18-29)22-13-5-4-12-21(22)24;27-26(21-13-12-19-8-2-3-9-20(19)18-21)28-24-14-15-25(29-16-6-1-7-17-29)23-11-5-4-10-22(23)24;26-25(20-12-11-18-7-1-2-8-19(18)17-20)27-23-13-14-24(28-15-5-6-16-28)22-10-4-3-9-21(22)23/h2-5,8-16H,1,6-7,17-18H2;2-5,8-15,18H,1,6-7,16-17H2;1-4,7-14,17H,5-6,15-16H2/q3*+1. The van der Waals surface area contributed by atoms with Gasteiger partial charge in [0.1, 0.15) is 51.8 Å². The molecule has 0 N–H and O–H groups in total. The molecule has 3 fully saturated rings. The topological polar surface area (TPSA) is 78.9 Å². The molecule has 0 saturated carbocycles. The van der Waals surface area contributed by atoms with Gasteiger partial charge in [-0.3, -0.25) is 0 Å². The van der Waals surface area contributed by atoms with Gasteiger partial charge in [-0.2, -0.15) is 0 Å². The predicted molar refractivity (Wildman–Crippen MR) is 362 cm³/mol. The molecule has 0 bridgehead atoms. The highest BCUT2D eigenvalue weighted by Gasteiger charge is 2.31. The average Bonchev–Trinajstić information content (AvgIpc) is 2.93. The normalized spacial score (nSPS) is 14.8. The quantitative estimate of drug-likeness (QED) is 0.0814. The zero-order chi connectivity index (χ0) is 58.2. The van der Waals surface area contributed by atoms with Crippen molar-refractivity contribution in [3.8, 4) is 17.2 Å². The average molecular weight is 1180 g/mol. The number of rotatable bonds is 9. The Morgan fingerprint density at radius 3 is 0.977 bits per heavy atom. The first-order valence-electron chi connectivity index (χ1n) is 30.1. The molecule has 0 amide bonds. The summed E-state index contributed by atoms with van der Waals surface area (Å²) in [7, 11) is 0.927. The van der Waals surface area contributed by atoms with Crippen LogP contribution < -0.4 is 14.2 Å². The van der Waals surface area contributed by atoms with Gasteiger partial charge in [0.05, 0.1) is 16.7 Å². The molecule has 0 aliphatic carbocycles. The summed E-state index contributed by atoms with van der Waals surface area (Å²) in [6, 6.07) is 78.6. The highest BCUT2D eigenvalue weighted by molar-refractivity contribution is 7.97. The lowest BCUT2D eigenvalue weighted by atomic mass is 10.0. The lowest BCUT2D eigenvalue weighted by molar-refractivity contribution is 0.0727. The Hall–Kier alpha value is -8.34. The van der Waals surface area contributed by atoms with Crippen molar-refractivity contribution in [1.82, 2.24) is 0 Å². The van der Waals surface area contributed by atoms with Crippen LogP contribution in [0.4, 0.5) is 0 Å². The van der Waals surface area contributed by atoms with Crippen LogP contribution in [0, 0.1) is 0 Å². The molecule has 86 heavy (non-hydrogen) atoms. The highest BCUT2D eigenvalue weighted by Crippen LogP contribution is 2.39. The van der Waals surface area contributed by atoms with Crippen LogP contribution in [0.3, 0.4) is 0 Å². The summed E-state index contributed by atoms with van der Waals surface area (Å²) in [5.41, 5.74) is 1.75. The number of fused-ring (bicyclic) bond motifs is 6. The molecule has 12 aromatic rings. The molecule has 12 aromatic carbocycles. The minimum absolute atomic E-state index is 0.301. The molecule has 3 saturated heterocycles. The number of ether oxygens (including phenoxy) is 3. The van der Waals surface area contributed by atoms with E-state index in [4.69, 9.17) is 14.2 Å². The van der Waals surface area contributed by atoms with Gasteiger partial charge in [0.2, 0.25) is 0 Å². The fourth-order valence-electron chi connectivity index (χ4n) is 12.2. The molecule has 3 heterocycles. The van der Waals surface area contributed by atoms with Crippen LogP contribution in [0.2, 0.25) is 0 Å². The van der Waals surface area contributed by atoms with Crippen LogP contribution in [0.15, 0.2) is 251 Å². The monoisotopic (exact) mass is 1180 g/mol. The van der Waals surface area contributed by atoms with E-state index in [0.717, 1.165) is 48.5 Å². The zero-order valence-electron chi connectivity index (χ0n) is 48.1. The second-order valence-corrected chi connectivity index (χ2v) is 28.9. The lowest BCUT2D eigenvalue weighted by Gasteiger charge is -2.16. The first-order valence-corrected chi connectivity index (χ1v) is 34.8. The van der Waals surface area contributed by atoms with E-state index in [1.807, 2.05) is 164 Å². The molecular formula is C77H67O6S3+3. The predicted octanol–water partition coefficient (Wildman–Crippen LogP) is 18.7. The van der Waals surface area contributed by atoms with Crippen LogP contribution in [-0.4, -0.2) is 52.4 Å². The summed E-state index contributed by atoms with van der Waals surface area (Å²) in [6.07, 6.45) is 10.6. The number of carbonyl (C=O) groups excluding carboxylic acids is 3. The summed E-state index contributed by atoms with van der Waals surface area (Å²) >= 11 is 0. The van der Waals surface area contributed by atoms with Gasteiger partial charge in [0.15, 0.2) is 14.7 Å². The molecule has 9 heteroatoms. The van der Waals surface area contributed by atoms with Crippen molar-refractivity contribution in [2.24, 2.45) is 0 Å². The molecule has 0 spiro atoms. The maximum Gasteiger partial charge on any atom is 0.344 e. The molecule has 0 radical (unpaired) electrons. The first kappa shape index (κ1) is 56.8. The van der Waals surface area contributed by atoms with Crippen molar-refractivity contribution in [2.75, 3.05) is 34.5 Å². The molecule has 0 aromatic heterocycles. The molecule has 0 unspecified atom stereocenters. The van der Waals surface area contributed by atoms with Crippen LogP contribution in [0.5, 0.6) is 17.2 Å². The van der Waals surface area contributed by atoms with Gasteiger partial charge in [-0.05, 0) is 169 Å². The molecule has 6 nitrogen and oxygen atoms in total.